The zero-order valence-corrected chi connectivity index (χ0v) is 28.4. The molecule has 3 atom stereocenters. The second-order valence-corrected chi connectivity index (χ2v) is 13.3. The highest BCUT2D eigenvalue weighted by Gasteiger charge is 2.31. The first-order valence-electron chi connectivity index (χ1n) is 17.7. The molecule has 0 saturated heterocycles. The van der Waals surface area contributed by atoms with Gasteiger partial charge in [0.05, 0.1) is 43.9 Å². The Morgan fingerprint density at radius 1 is 0.512 bits per heavy atom. The number of allylic oxidation sites excluding steroid dienone is 1. The van der Waals surface area contributed by atoms with Crippen LogP contribution in [0.5, 0.6) is 0 Å². The monoisotopic (exact) mass is 611 g/mol. The summed E-state index contributed by atoms with van der Waals surface area (Å²) in [5.41, 5.74) is 0. The van der Waals surface area contributed by atoms with Crippen LogP contribution in [-0.4, -0.2) is 63.9 Å². The maximum Gasteiger partial charge on any atom is 0.306 e. The summed E-state index contributed by atoms with van der Waals surface area (Å²) in [7, 11) is 0. The zero-order chi connectivity index (χ0) is 32.3. The molecule has 0 aromatic heterocycles. The molecule has 0 rings (SSSR count). The van der Waals surface area contributed by atoms with Gasteiger partial charge in [0.1, 0.15) is 0 Å². The summed E-state index contributed by atoms with van der Waals surface area (Å²) < 4.78 is 0.530. The van der Waals surface area contributed by atoms with Crippen molar-refractivity contribution in [2.75, 3.05) is 26.2 Å². The van der Waals surface area contributed by atoms with E-state index in [0.29, 0.717) is 49.9 Å². The topological polar surface area (TPSA) is 112 Å². The number of carboxylic acid groups (broad SMARTS) is 3. The maximum atomic E-state index is 11.5. The van der Waals surface area contributed by atoms with E-state index in [-0.39, 0.29) is 0 Å². The molecular weight excluding hydrogens is 542 g/mol. The molecule has 0 aromatic rings. The van der Waals surface area contributed by atoms with Crippen LogP contribution >= 0.6 is 0 Å². The highest BCUT2D eigenvalue weighted by atomic mass is 16.4. The van der Waals surface area contributed by atoms with E-state index in [1.165, 1.54) is 96.3 Å². The molecule has 0 spiro atoms. The average Bonchev–Trinajstić information content (AvgIpc) is 2.97. The Kier molecular flexibility index (Phi) is 25.3. The third-order valence-electron chi connectivity index (χ3n) is 9.26. The van der Waals surface area contributed by atoms with Crippen LogP contribution < -0.4 is 0 Å². The largest absolute Gasteiger partial charge is 0.481 e. The van der Waals surface area contributed by atoms with Gasteiger partial charge in [0.15, 0.2) is 0 Å². The lowest BCUT2D eigenvalue weighted by Crippen LogP contribution is -2.52. The van der Waals surface area contributed by atoms with Gasteiger partial charge in [0, 0.05) is 19.3 Å². The Balaban J connectivity index is 4.52. The number of quaternary nitrogens is 1. The number of unbranched alkanes of at least 4 members (excludes halogenated alkanes) is 16. The Labute approximate surface area is 264 Å². The molecule has 0 aliphatic heterocycles. The summed E-state index contributed by atoms with van der Waals surface area (Å²) in [5, 5.41) is 28.3. The fraction of sp³-hybridized carbons (Fsp3) is 0.861. The number of nitrogens with zero attached hydrogens (tertiary/aromatic N) is 1. The smallest absolute Gasteiger partial charge is 0.306 e. The second-order valence-electron chi connectivity index (χ2n) is 13.3. The first-order valence-corrected chi connectivity index (χ1v) is 17.7. The quantitative estimate of drug-likeness (QED) is 0.0410. The molecule has 0 aliphatic carbocycles. The van der Waals surface area contributed by atoms with Gasteiger partial charge in [-0.05, 0) is 18.9 Å². The standard InChI is InChI=1S/C36H67NO6/c1-5-6-7-8-9-10-11-12-13-14-15-16-17-18-19-20-21-22-23-27-37(28-24-31(2)34(38)39,29-25-32(3)35(40)41)30-26-33(4)36(42)43/h22-23,31-33H,5-21,24-30H2,1-4H3,(H2-,38,39,40,41,42,43)/p+1/b23-22+. The van der Waals surface area contributed by atoms with E-state index in [1.54, 1.807) is 20.8 Å². The molecule has 0 bridgehead atoms. The van der Waals surface area contributed by atoms with Gasteiger partial charge in [-0.1, -0.05) is 130 Å². The van der Waals surface area contributed by atoms with Gasteiger partial charge in [-0.25, -0.2) is 0 Å². The summed E-state index contributed by atoms with van der Waals surface area (Å²) in [6, 6.07) is 0. The van der Waals surface area contributed by atoms with Crippen LogP contribution in [0, 0.1) is 17.8 Å². The van der Waals surface area contributed by atoms with E-state index in [9.17, 15) is 29.7 Å². The highest BCUT2D eigenvalue weighted by Crippen LogP contribution is 2.21. The van der Waals surface area contributed by atoms with E-state index in [4.69, 9.17) is 0 Å². The second kappa shape index (κ2) is 26.5. The molecule has 0 heterocycles. The van der Waals surface area contributed by atoms with Crippen LogP contribution in [0.25, 0.3) is 0 Å². The van der Waals surface area contributed by atoms with Crippen molar-refractivity contribution in [1.82, 2.24) is 0 Å². The van der Waals surface area contributed by atoms with E-state index in [0.717, 1.165) is 12.8 Å². The zero-order valence-electron chi connectivity index (χ0n) is 28.4. The number of rotatable bonds is 31. The van der Waals surface area contributed by atoms with Gasteiger partial charge < -0.3 is 19.8 Å². The maximum absolute atomic E-state index is 11.5. The molecule has 252 valence electrons. The lowest BCUT2D eigenvalue weighted by atomic mass is 10.0. The minimum atomic E-state index is -0.838. The molecule has 0 saturated carbocycles. The molecule has 0 aliphatic rings. The van der Waals surface area contributed by atoms with E-state index in [2.05, 4.69) is 19.1 Å². The lowest BCUT2D eigenvalue weighted by molar-refractivity contribution is -0.924. The van der Waals surface area contributed by atoms with Gasteiger partial charge in [0.25, 0.3) is 0 Å². The van der Waals surface area contributed by atoms with Crippen LogP contribution in [-0.2, 0) is 14.4 Å². The molecule has 3 N–H and O–H groups in total. The normalized spacial score (nSPS) is 15.3. The summed E-state index contributed by atoms with van der Waals surface area (Å²) in [4.78, 5) is 34.5. The molecular formula is C36H68NO6+. The molecule has 0 fully saturated rings. The third kappa shape index (κ3) is 23.2. The third-order valence-corrected chi connectivity index (χ3v) is 9.26. The summed E-state index contributed by atoms with van der Waals surface area (Å²) in [6.45, 7) is 9.81. The first kappa shape index (κ1) is 41.1. The molecule has 7 nitrogen and oxygen atoms in total. The number of hydrogen-bond donors (Lipinski definition) is 3. The Hall–Kier alpha value is -1.89. The Morgan fingerprint density at radius 3 is 1.12 bits per heavy atom. The van der Waals surface area contributed by atoms with E-state index < -0.39 is 35.7 Å². The van der Waals surface area contributed by atoms with Crippen LogP contribution in [0.1, 0.15) is 156 Å². The SMILES string of the molecule is CCCCCCCCCCCCCCCCCC/C=C/C[N+](CCC(C)C(=O)O)(CCC(C)C(=O)O)CCC(C)C(=O)O. The van der Waals surface area contributed by atoms with Crippen molar-refractivity contribution in [2.24, 2.45) is 17.8 Å². The fourth-order valence-electron chi connectivity index (χ4n) is 5.61. The molecule has 0 radical (unpaired) electrons. The Bertz CT molecular complexity index is 692. The molecule has 43 heavy (non-hydrogen) atoms. The van der Waals surface area contributed by atoms with Gasteiger partial charge in [0.2, 0.25) is 0 Å². The minimum Gasteiger partial charge on any atom is -0.481 e. The van der Waals surface area contributed by atoms with Crippen LogP contribution in [0.15, 0.2) is 12.2 Å². The van der Waals surface area contributed by atoms with Crippen molar-refractivity contribution in [3.63, 3.8) is 0 Å². The van der Waals surface area contributed by atoms with Gasteiger partial charge in [-0.3, -0.25) is 14.4 Å². The summed E-state index contributed by atoms with van der Waals surface area (Å²) >= 11 is 0. The fourth-order valence-corrected chi connectivity index (χ4v) is 5.61. The molecule has 0 amide bonds. The van der Waals surface area contributed by atoms with Crippen molar-refractivity contribution in [3.8, 4) is 0 Å². The van der Waals surface area contributed by atoms with Gasteiger partial charge in [-0.2, -0.15) is 0 Å². The van der Waals surface area contributed by atoms with Crippen molar-refractivity contribution in [2.45, 2.75) is 156 Å². The molecule has 3 unspecified atom stereocenters. The van der Waals surface area contributed by atoms with Crippen LogP contribution in [0.3, 0.4) is 0 Å². The molecule has 7 heteroatoms. The number of hydrogen-bond acceptors (Lipinski definition) is 3. The van der Waals surface area contributed by atoms with E-state index in [1.807, 2.05) is 0 Å². The summed E-state index contributed by atoms with van der Waals surface area (Å²) in [6.07, 6.45) is 28.4. The van der Waals surface area contributed by atoms with Crippen molar-refractivity contribution in [1.29, 1.82) is 0 Å². The lowest BCUT2D eigenvalue weighted by Gasteiger charge is -2.39. The predicted octanol–water partition coefficient (Wildman–Crippen LogP) is 9.34. The molecule has 0 aromatic carbocycles. The average molecular weight is 611 g/mol. The highest BCUT2D eigenvalue weighted by molar-refractivity contribution is 5.70. The van der Waals surface area contributed by atoms with Crippen molar-refractivity contribution in [3.05, 3.63) is 12.2 Å². The van der Waals surface area contributed by atoms with Crippen LogP contribution in [0.4, 0.5) is 0 Å². The van der Waals surface area contributed by atoms with Crippen molar-refractivity contribution < 1.29 is 34.2 Å². The van der Waals surface area contributed by atoms with Crippen LogP contribution in [0.2, 0.25) is 0 Å². The number of carbonyl (C=O) groups is 3. The number of carboxylic acids is 3. The minimum absolute atomic E-state index is 0.477. The van der Waals surface area contributed by atoms with Crippen molar-refractivity contribution >= 4 is 17.9 Å². The Morgan fingerprint density at radius 2 is 0.814 bits per heavy atom. The van der Waals surface area contributed by atoms with Gasteiger partial charge in [-0.15, -0.1) is 0 Å². The van der Waals surface area contributed by atoms with E-state index >= 15 is 0 Å². The summed E-state index contributed by atoms with van der Waals surface area (Å²) in [5.74, 6) is -4.01. The van der Waals surface area contributed by atoms with Gasteiger partial charge >= 0.3 is 17.9 Å². The number of aliphatic carboxylic acids is 3. The first-order chi connectivity index (χ1) is 20.5. The predicted molar refractivity (Wildman–Crippen MR) is 177 cm³/mol.